The molecule has 0 aliphatic carbocycles. The van der Waals surface area contributed by atoms with Crippen LogP contribution >= 0.6 is 0 Å². The highest BCUT2D eigenvalue weighted by Crippen LogP contribution is 2.16. The van der Waals surface area contributed by atoms with E-state index in [9.17, 15) is 13.6 Å². The average molecular weight is 275 g/mol. The quantitative estimate of drug-likeness (QED) is 0.907. The van der Waals surface area contributed by atoms with Gasteiger partial charge < -0.3 is 5.32 Å². The molecular formula is C16H15F2NO. The standard InChI is InChI=1S/C16H15F2NO/c1-10-3-5-12(6-4-10)16(20)19-11(2)13-7-8-14(17)15(18)9-13/h3-9,11H,1-2H3,(H,19,20)/t11-/m1/s1. The van der Waals surface area contributed by atoms with Crippen LogP contribution in [0.25, 0.3) is 0 Å². The van der Waals surface area contributed by atoms with E-state index >= 15 is 0 Å². The van der Waals surface area contributed by atoms with E-state index in [0.717, 1.165) is 17.7 Å². The van der Waals surface area contributed by atoms with Gasteiger partial charge in [0, 0.05) is 5.56 Å². The maximum absolute atomic E-state index is 13.2. The maximum Gasteiger partial charge on any atom is 0.251 e. The molecule has 104 valence electrons. The number of nitrogens with one attached hydrogen (secondary N) is 1. The molecule has 0 saturated carbocycles. The number of hydrogen-bond acceptors (Lipinski definition) is 1. The number of aryl methyl sites for hydroxylation is 1. The summed E-state index contributed by atoms with van der Waals surface area (Å²) in [6, 6.07) is 10.3. The number of hydrogen-bond donors (Lipinski definition) is 1. The average Bonchev–Trinajstić information content (AvgIpc) is 2.42. The van der Waals surface area contributed by atoms with Crippen molar-refractivity contribution in [2.24, 2.45) is 0 Å². The number of amides is 1. The molecule has 0 saturated heterocycles. The first-order valence-electron chi connectivity index (χ1n) is 6.30. The normalized spacial score (nSPS) is 12.0. The van der Waals surface area contributed by atoms with Crippen LogP contribution in [0.3, 0.4) is 0 Å². The van der Waals surface area contributed by atoms with Crippen molar-refractivity contribution < 1.29 is 13.6 Å². The van der Waals surface area contributed by atoms with E-state index in [1.54, 1.807) is 19.1 Å². The van der Waals surface area contributed by atoms with E-state index in [2.05, 4.69) is 5.32 Å². The second-order valence-corrected chi connectivity index (χ2v) is 4.73. The van der Waals surface area contributed by atoms with Gasteiger partial charge in [-0.3, -0.25) is 4.79 Å². The van der Waals surface area contributed by atoms with Crippen LogP contribution in [-0.4, -0.2) is 5.91 Å². The Hall–Kier alpha value is -2.23. The highest BCUT2D eigenvalue weighted by Gasteiger charge is 2.13. The molecule has 0 unspecified atom stereocenters. The third-order valence-electron chi connectivity index (χ3n) is 3.11. The van der Waals surface area contributed by atoms with Gasteiger partial charge in [-0.15, -0.1) is 0 Å². The predicted octanol–water partition coefficient (Wildman–Crippen LogP) is 3.76. The molecule has 0 fully saturated rings. The van der Waals surface area contributed by atoms with Crippen LogP contribution in [0.5, 0.6) is 0 Å². The number of rotatable bonds is 3. The molecule has 0 spiro atoms. The van der Waals surface area contributed by atoms with Crippen molar-refractivity contribution in [3.63, 3.8) is 0 Å². The summed E-state index contributed by atoms with van der Waals surface area (Å²) in [6.45, 7) is 3.66. The van der Waals surface area contributed by atoms with Gasteiger partial charge in [0.1, 0.15) is 0 Å². The molecular weight excluding hydrogens is 260 g/mol. The molecule has 0 radical (unpaired) electrons. The van der Waals surface area contributed by atoms with Gasteiger partial charge in [-0.05, 0) is 43.7 Å². The molecule has 4 heteroatoms. The zero-order chi connectivity index (χ0) is 14.7. The Morgan fingerprint density at radius 2 is 1.70 bits per heavy atom. The lowest BCUT2D eigenvalue weighted by Crippen LogP contribution is -2.26. The summed E-state index contributed by atoms with van der Waals surface area (Å²) < 4.78 is 26.0. The highest BCUT2D eigenvalue weighted by molar-refractivity contribution is 5.94. The van der Waals surface area contributed by atoms with Crippen LogP contribution in [0, 0.1) is 18.6 Å². The number of carbonyl (C=O) groups is 1. The fraction of sp³-hybridized carbons (Fsp3) is 0.188. The van der Waals surface area contributed by atoms with Gasteiger partial charge in [0.15, 0.2) is 11.6 Å². The molecule has 2 aromatic carbocycles. The van der Waals surface area contributed by atoms with E-state index < -0.39 is 17.7 Å². The van der Waals surface area contributed by atoms with Crippen molar-refractivity contribution in [2.75, 3.05) is 0 Å². The van der Waals surface area contributed by atoms with Gasteiger partial charge in [-0.2, -0.15) is 0 Å². The minimum atomic E-state index is -0.918. The lowest BCUT2D eigenvalue weighted by molar-refractivity contribution is 0.0940. The van der Waals surface area contributed by atoms with Crippen LogP contribution in [0.15, 0.2) is 42.5 Å². The summed E-state index contributed by atoms with van der Waals surface area (Å²) >= 11 is 0. The third kappa shape index (κ3) is 3.20. The van der Waals surface area contributed by atoms with Crippen molar-refractivity contribution in [1.82, 2.24) is 5.32 Å². The summed E-state index contributed by atoms with van der Waals surface area (Å²) in [4.78, 5) is 12.0. The Kier molecular flexibility index (Phi) is 4.13. The SMILES string of the molecule is Cc1ccc(C(=O)N[C@H](C)c2ccc(F)c(F)c2)cc1. The van der Waals surface area contributed by atoms with Gasteiger partial charge in [0.05, 0.1) is 6.04 Å². The van der Waals surface area contributed by atoms with Gasteiger partial charge in [-0.1, -0.05) is 23.8 Å². The number of benzene rings is 2. The molecule has 20 heavy (non-hydrogen) atoms. The molecule has 0 aliphatic rings. The molecule has 0 aliphatic heterocycles. The van der Waals surface area contributed by atoms with Crippen molar-refractivity contribution in [3.05, 3.63) is 70.8 Å². The van der Waals surface area contributed by atoms with E-state index in [1.807, 2.05) is 19.1 Å². The largest absolute Gasteiger partial charge is 0.346 e. The summed E-state index contributed by atoms with van der Waals surface area (Å²) in [6.07, 6.45) is 0. The highest BCUT2D eigenvalue weighted by atomic mass is 19.2. The zero-order valence-electron chi connectivity index (χ0n) is 11.3. The predicted molar refractivity (Wildman–Crippen MR) is 73.4 cm³/mol. The Balaban J connectivity index is 2.10. The molecule has 2 nitrogen and oxygen atoms in total. The summed E-state index contributed by atoms with van der Waals surface area (Å²) in [5.41, 5.74) is 2.12. The van der Waals surface area contributed by atoms with Crippen LogP contribution < -0.4 is 5.32 Å². The van der Waals surface area contributed by atoms with Gasteiger partial charge in [0.2, 0.25) is 0 Å². The fourth-order valence-electron chi connectivity index (χ4n) is 1.85. The van der Waals surface area contributed by atoms with E-state index in [4.69, 9.17) is 0 Å². The molecule has 1 amide bonds. The second kappa shape index (κ2) is 5.82. The Labute approximate surface area is 116 Å². The topological polar surface area (TPSA) is 29.1 Å². The Morgan fingerprint density at radius 1 is 1.05 bits per heavy atom. The maximum atomic E-state index is 13.2. The van der Waals surface area contributed by atoms with Crippen LogP contribution in [-0.2, 0) is 0 Å². The van der Waals surface area contributed by atoms with Gasteiger partial charge in [-0.25, -0.2) is 8.78 Å². The summed E-state index contributed by atoms with van der Waals surface area (Å²) in [5, 5.41) is 2.75. The molecule has 1 atom stereocenters. The molecule has 2 rings (SSSR count). The zero-order valence-corrected chi connectivity index (χ0v) is 11.3. The first-order valence-corrected chi connectivity index (χ1v) is 6.30. The first kappa shape index (κ1) is 14.2. The van der Waals surface area contributed by atoms with Crippen molar-refractivity contribution in [3.8, 4) is 0 Å². The molecule has 0 aromatic heterocycles. The van der Waals surface area contributed by atoms with Crippen LogP contribution in [0.1, 0.15) is 34.5 Å². The van der Waals surface area contributed by atoms with E-state index in [0.29, 0.717) is 11.1 Å². The molecule has 0 heterocycles. The van der Waals surface area contributed by atoms with Crippen LogP contribution in [0.4, 0.5) is 8.78 Å². The molecule has 2 aromatic rings. The van der Waals surface area contributed by atoms with E-state index in [1.165, 1.54) is 6.07 Å². The minimum Gasteiger partial charge on any atom is -0.346 e. The Bertz CT molecular complexity index is 623. The van der Waals surface area contributed by atoms with Crippen molar-refractivity contribution in [1.29, 1.82) is 0 Å². The first-order chi connectivity index (χ1) is 9.47. The summed E-state index contributed by atoms with van der Waals surface area (Å²) in [7, 11) is 0. The Morgan fingerprint density at radius 3 is 2.30 bits per heavy atom. The smallest absolute Gasteiger partial charge is 0.251 e. The van der Waals surface area contributed by atoms with Crippen molar-refractivity contribution in [2.45, 2.75) is 19.9 Å². The number of carbonyl (C=O) groups excluding carboxylic acids is 1. The summed E-state index contributed by atoms with van der Waals surface area (Å²) in [5.74, 6) is -2.06. The second-order valence-electron chi connectivity index (χ2n) is 4.73. The van der Waals surface area contributed by atoms with Crippen LogP contribution in [0.2, 0.25) is 0 Å². The third-order valence-corrected chi connectivity index (χ3v) is 3.11. The lowest BCUT2D eigenvalue weighted by atomic mass is 10.1. The van der Waals surface area contributed by atoms with Crippen molar-refractivity contribution >= 4 is 5.91 Å². The lowest BCUT2D eigenvalue weighted by Gasteiger charge is -2.14. The monoisotopic (exact) mass is 275 g/mol. The molecule has 0 bridgehead atoms. The van der Waals surface area contributed by atoms with Gasteiger partial charge in [0.25, 0.3) is 5.91 Å². The fourth-order valence-corrected chi connectivity index (χ4v) is 1.85. The van der Waals surface area contributed by atoms with Gasteiger partial charge >= 0.3 is 0 Å². The number of halogens is 2. The molecule has 1 N–H and O–H groups in total. The van der Waals surface area contributed by atoms with E-state index in [-0.39, 0.29) is 5.91 Å². The minimum absolute atomic E-state index is 0.248.